The van der Waals surface area contributed by atoms with Crippen molar-refractivity contribution in [2.45, 2.75) is 12.6 Å². The summed E-state index contributed by atoms with van der Waals surface area (Å²) < 4.78 is 38.7. The zero-order chi connectivity index (χ0) is 22.6. The second kappa shape index (κ2) is 9.02. The zero-order valence-electron chi connectivity index (χ0n) is 16.2. The van der Waals surface area contributed by atoms with Gasteiger partial charge in [-0.25, -0.2) is 0 Å². The van der Waals surface area contributed by atoms with Gasteiger partial charge in [-0.1, -0.05) is 18.2 Å². The third-order valence-corrected chi connectivity index (χ3v) is 4.82. The van der Waals surface area contributed by atoms with Crippen LogP contribution in [0.2, 0.25) is 0 Å². The SMILES string of the molecule is O=C(NCCNc1ccccc1[N+](=O)[O-])C1CC(=O)N(c2cccc(C(F)(F)F)c2)C1. The van der Waals surface area contributed by atoms with Gasteiger partial charge in [0.1, 0.15) is 5.69 Å². The molecule has 2 aromatic carbocycles. The molecule has 1 atom stereocenters. The lowest BCUT2D eigenvalue weighted by Gasteiger charge is -2.18. The Bertz CT molecular complexity index is 996. The van der Waals surface area contributed by atoms with Crippen LogP contribution in [0.15, 0.2) is 48.5 Å². The standard InChI is InChI=1S/C20H19F3N4O4/c21-20(22,23)14-4-3-5-15(11-14)26-12-13(10-18(26)28)19(29)25-9-8-24-16-6-1-2-7-17(16)27(30)31/h1-7,11,13,24H,8-10,12H2,(H,25,29). The van der Waals surface area contributed by atoms with E-state index in [2.05, 4.69) is 10.6 Å². The maximum atomic E-state index is 12.9. The average Bonchev–Trinajstić information content (AvgIpc) is 3.12. The Morgan fingerprint density at radius 3 is 2.61 bits per heavy atom. The highest BCUT2D eigenvalue weighted by Gasteiger charge is 2.36. The molecule has 1 unspecified atom stereocenters. The third-order valence-electron chi connectivity index (χ3n) is 4.82. The minimum absolute atomic E-state index is 0.0242. The minimum atomic E-state index is -4.53. The molecule has 0 radical (unpaired) electrons. The predicted molar refractivity (Wildman–Crippen MR) is 106 cm³/mol. The van der Waals surface area contributed by atoms with E-state index in [4.69, 9.17) is 0 Å². The molecule has 2 amide bonds. The molecule has 164 valence electrons. The Kier molecular flexibility index (Phi) is 6.42. The maximum absolute atomic E-state index is 12.9. The molecule has 0 spiro atoms. The molecule has 2 aromatic rings. The summed E-state index contributed by atoms with van der Waals surface area (Å²) in [5.74, 6) is -1.54. The monoisotopic (exact) mass is 436 g/mol. The number of halogens is 3. The summed E-state index contributed by atoms with van der Waals surface area (Å²) in [6, 6.07) is 10.5. The number of anilines is 2. The summed E-state index contributed by atoms with van der Waals surface area (Å²) >= 11 is 0. The van der Waals surface area contributed by atoms with Gasteiger partial charge in [-0.2, -0.15) is 13.2 Å². The number of amides is 2. The Morgan fingerprint density at radius 1 is 1.16 bits per heavy atom. The van der Waals surface area contributed by atoms with Gasteiger partial charge in [0, 0.05) is 37.8 Å². The lowest BCUT2D eigenvalue weighted by atomic mass is 10.1. The molecule has 2 N–H and O–H groups in total. The number of hydrogen-bond acceptors (Lipinski definition) is 5. The van der Waals surface area contributed by atoms with Crippen LogP contribution in [0.5, 0.6) is 0 Å². The fourth-order valence-corrected chi connectivity index (χ4v) is 3.29. The van der Waals surface area contributed by atoms with Crippen LogP contribution in [-0.2, 0) is 15.8 Å². The van der Waals surface area contributed by atoms with Crippen molar-refractivity contribution in [3.63, 3.8) is 0 Å². The highest BCUT2D eigenvalue weighted by Crippen LogP contribution is 2.33. The second-order valence-corrected chi connectivity index (χ2v) is 6.95. The van der Waals surface area contributed by atoms with E-state index >= 15 is 0 Å². The average molecular weight is 436 g/mol. The van der Waals surface area contributed by atoms with E-state index < -0.39 is 34.4 Å². The van der Waals surface area contributed by atoms with Crippen molar-refractivity contribution in [3.8, 4) is 0 Å². The summed E-state index contributed by atoms with van der Waals surface area (Å²) in [5, 5.41) is 16.5. The van der Waals surface area contributed by atoms with E-state index in [1.54, 1.807) is 18.2 Å². The molecule has 0 saturated carbocycles. The number of nitro groups is 1. The van der Waals surface area contributed by atoms with Crippen molar-refractivity contribution < 1.29 is 27.7 Å². The quantitative estimate of drug-likeness (QED) is 0.394. The molecule has 3 rings (SSSR count). The molecule has 31 heavy (non-hydrogen) atoms. The van der Waals surface area contributed by atoms with E-state index in [1.165, 1.54) is 23.1 Å². The van der Waals surface area contributed by atoms with Crippen LogP contribution < -0.4 is 15.5 Å². The Balaban J connectivity index is 1.54. The fourth-order valence-electron chi connectivity index (χ4n) is 3.29. The normalized spacial score (nSPS) is 16.3. The van der Waals surface area contributed by atoms with Crippen LogP contribution in [-0.4, -0.2) is 36.4 Å². The molecule has 1 saturated heterocycles. The molecule has 1 heterocycles. The van der Waals surface area contributed by atoms with E-state index in [1.807, 2.05) is 0 Å². The predicted octanol–water partition coefficient (Wildman–Crippen LogP) is 3.19. The van der Waals surface area contributed by atoms with Gasteiger partial charge in [0.05, 0.1) is 16.4 Å². The number of nitrogens with zero attached hydrogens (tertiary/aromatic N) is 2. The molecule has 0 aliphatic carbocycles. The molecule has 8 nitrogen and oxygen atoms in total. The fraction of sp³-hybridized carbons (Fsp3) is 0.300. The number of nitro benzene ring substituents is 1. The first-order valence-corrected chi connectivity index (χ1v) is 9.39. The number of rotatable bonds is 7. The van der Waals surface area contributed by atoms with Gasteiger partial charge in [0.2, 0.25) is 11.8 Å². The van der Waals surface area contributed by atoms with Crippen LogP contribution in [0.25, 0.3) is 0 Å². The number of carbonyl (C=O) groups excluding carboxylic acids is 2. The first kappa shape index (κ1) is 22.1. The Hall–Kier alpha value is -3.63. The summed E-state index contributed by atoms with van der Waals surface area (Å²) in [7, 11) is 0. The van der Waals surface area contributed by atoms with Gasteiger partial charge >= 0.3 is 6.18 Å². The molecule has 1 fully saturated rings. The Morgan fingerprint density at radius 2 is 1.90 bits per heavy atom. The zero-order valence-corrected chi connectivity index (χ0v) is 16.2. The molecule has 0 bridgehead atoms. The van der Waals surface area contributed by atoms with Crippen LogP contribution in [0.3, 0.4) is 0 Å². The van der Waals surface area contributed by atoms with Crippen molar-refractivity contribution in [1.29, 1.82) is 0 Å². The van der Waals surface area contributed by atoms with E-state index in [0.717, 1.165) is 12.1 Å². The lowest BCUT2D eigenvalue weighted by molar-refractivity contribution is -0.384. The molecular weight excluding hydrogens is 417 g/mol. The van der Waals surface area contributed by atoms with Crippen molar-refractivity contribution in [3.05, 3.63) is 64.2 Å². The molecule has 1 aliphatic rings. The second-order valence-electron chi connectivity index (χ2n) is 6.95. The molecular formula is C20H19F3N4O4. The van der Waals surface area contributed by atoms with Crippen LogP contribution in [0.4, 0.5) is 30.2 Å². The van der Waals surface area contributed by atoms with Crippen molar-refractivity contribution in [2.75, 3.05) is 29.9 Å². The van der Waals surface area contributed by atoms with E-state index in [-0.39, 0.29) is 37.4 Å². The smallest absolute Gasteiger partial charge is 0.378 e. The van der Waals surface area contributed by atoms with Gasteiger partial charge in [-0.3, -0.25) is 19.7 Å². The van der Waals surface area contributed by atoms with Gasteiger partial charge in [0.25, 0.3) is 5.69 Å². The highest BCUT2D eigenvalue weighted by atomic mass is 19.4. The lowest BCUT2D eigenvalue weighted by Crippen LogP contribution is -2.35. The summed E-state index contributed by atoms with van der Waals surface area (Å²) in [4.78, 5) is 36.3. The van der Waals surface area contributed by atoms with Crippen LogP contribution in [0.1, 0.15) is 12.0 Å². The van der Waals surface area contributed by atoms with Gasteiger partial charge < -0.3 is 15.5 Å². The number of para-hydroxylation sites is 2. The summed E-state index contributed by atoms with van der Waals surface area (Å²) in [6.07, 6.45) is -4.64. The van der Waals surface area contributed by atoms with Gasteiger partial charge in [0.15, 0.2) is 0 Å². The van der Waals surface area contributed by atoms with Crippen molar-refractivity contribution in [1.82, 2.24) is 5.32 Å². The van der Waals surface area contributed by atoms with Gasteiger partial charge in [-0.05, 0) is 24.3 Å². The molecule has 11 heteroatoms. The van der Waals surface area contributed by atoms with Crippen molar-refractivity contribution >= 4 is 28.9 Å². The maximum Gasteiger partial charge on any atom is 0.416 e. The first-order valence-electron chi connectivity index (χ1n) is 9.39. The van der Waals surface area contributed by atoms with E-state index in [9.17, 15) is 32.9 Å². The summed E-state index contributed by atoms with van der Waals surface area (Å²) in [6.45, 7) is 0.345. The van der Waals surface area contributed by atoms with Crippen molar-refractivity contribution in [2.24, 2.45) is 5.92 Å². The molecule has 1 aliphatic heterocycles. The summed E-state index contributed by atoms with van der Waals surface area (Å²) in [5.41, 5.74) is -0.555. The largest absolute Gasteiger partial charge is 0.416 e. The third kappa shape index (κ3) is 5.30. The minimum Gasteiger partial charge on any atom is -0.378 e. The first-order chi connectivity index (χ1) is 14.7. The number of nitrogens with one attached hydrogen (secondary N) is 2. The van der Waals surface area contributed by atoms with Crippen LogP contribution >= 0.6 is 0 Å². The number of hydrogen-bond donors (Lipinski definition) is 2. The topological polar surface area (TPSA) is 105 Å². The number of alkyl halides is 3. The van der Waals surface area contributed by atoms with Gasteiger partial charge in [-0.15, -0.1) is 0 Å². The number of benzene rings is 2. The molecule has 0 aromatic heterocycles. The number of carbonyl (C=O) groups is 2. The van der Waals surface area contributed by atoms with E-state index in [0.29, 0.717) is 5.69 Å². The highest BCUT2D eigenvalue weighted by molar-refractivity contribution is 6.00. The van der Waals surface area contributed by atoms with Crippen LogP contribution in [0, 0.1) is 16.0 Å². The Labute approximate surface area is 175 Å².